The first kappa shape index (κ1) is 24.1. The molecular weight excluding hydrogens is 420 g/mol. The summed E-state index contributed by atoms with van der Waals surface area (Å²) >= 11 is 3.76. The van der Waals surface area contributed by atoms with Crippen molar-refractivity contribution < 1.29 is 0 Å². The maximum Gasteiger partial charge on any atom is 0.0278 e. The van der Waals surface area contributed by atoms with Gasteiger partial charge in [-0.05, 0) is 54.6 Å². The van der Waals surface area contributed by atoms with Gasteiger partial charge in [-0.2, -0.15) is 0 Å². The molecule has 29 heavy (non-hydrogen) atoms. The van der Waals surface area contributed by atoms with Crippen LogP contribution in [0.4, 0.5) is 0 Å². The van der Waals surface area contributed by atoms with Crippen molar-refractivity contribution in [2.24, 2.45) is 11.3 Å². The molecule has 0 heterocycles. The van der Waals surface area contributed by atoms with Crippen LogP contribution in [0.3, 0.4) is 0 Å². The average molecular weight is 460 g/mol. The molecule has 2 rings (SSSR count). The van der Waals surface area contributed by atoms with E-state index in [0.29, 0.717) is 12.0 Å². The van der Waals surface area contributed by atoms with E-state index in [1.54, 1.807) is 0 Å². The minimum Gasteiger partial charge on any atom is -0.308 e. The first-order chi connectivity index (χ1) is 13.6. The van der Waals surface area contributed by atoms with Crippen molar-refractivity contribution >= 4 is 15.9 Å². The van der Waals surface area contributed by atoms with Crippen LogP contribution in [0.1, 0.15) is 51.3 Å². The molecule has 0 fully saturated rings. The van der Waals surface area contributed by atoms with Gasteiger partial charge in [-0.3, -0.25) is 4.90 Å². The number of hydrogen-bond acceptors (Lipinski definition) is 2. The van der Waals surface area contributed by atoms with Crippen molar-refractivity contribution in [2.75, 3.05) is 20.6 Å². The van der Waals surface area contributed by atoms with Crippen LogP contribution in [-0.2, 0) is 19.5 Å². The van der Waals surface area contributed by atoms with Gasteiger partial charge in [0.05, 0.1) is 0 Å². The van der Waals surface area contributed by atoms with Crippen LogP contribution < -0.4 is 0 Å². The van der Waals surface area contributed by atoms with Crippen LogP contribution in [0.2, 0.25) is 0 Å². The summed E-state index contributed by atoms with van der Waals surface area (Å²) in [6, 6.07) is 18.2. The van der Waals surface area contributed by atoms with Gasteiger partial charge in [0.25, 0.3) is 0 Å². The van der Waals surface area contributed by atoms with E-state index in [4.69, 9.17) is 0 Å². The maximum absolute atomic E-state index is 3.76. The van der Waals surface area contributed by atoms with Crippen molar-refractivity contribution in [2.45, 2.75) is 60.2 Å². The third-order valence-electron chi connectivity index (χ3n) is 5.33. The van der Waals surface area contributed by atoms with E-state index < -0.39 is 0 Å². The van der Waals surface area contributed by atoms with E-state index >= 15 is 0 Å². The van der Waals surface area contributed by atoms with E-state index in [9.17, 15) is 0 Å². The minimum atomic E-state index is 0.182. The Hall–Kier alpha value is -1.16. The Morgan fingerprint density at radius 2 is 1.55 bits per heavy atom. The molecule has 0 spiro atoms. The molecule has 2 aromatic rings. The smallest absolute Gasteiger partial charge is 0.0278 e. The number of halogens is 1. The minimum absolute atomic E-state index is 0.182. The second-order valence-electron chi connectivity index (χ2n) is 10.1. The summed E-state index contributed by atoms with van der Waals surface area (Å²) in [4.78, 5) is 4.98. The molecule has 2 aromatic carbocycles. The van der Waals surface area contributed by atoms with Crippen molar-refractivity contribution in [3.63, 3.8) is 0 Å². The quantitative estimate of drug-likeness (QED) is 0.416. The van der Waals surface area contributed by atoms with Gasteiger partial charge in [0.15, 0.2) is 0 Å². The number of likely N-dealkylation sites (N-methyl/N-ethyl adjacent to an activating group) is 1. The zero-order chi connectivity index (χ0) is 21.6. The molecule has 0 radical (unpaired) electrons. The Bertz CT molecular complexity index is 761. The van der Waals surface area contributed by atoms with Gasteiger partial charge in [0, 0.05) is 30.1 Å². The normalized spacial score (nSPS) is 13.5. The molecule has 160 valence electrons. The van der Waals surface area contributed by atoms with Crippen LogP contribution in [-0.4, -0.2) is 36.5 Å². The highest BCUT2D eigenvalue weighted by atomic mass is 79.9. The lowest BCUT2D eigenvalue weighted by Crippen LogP contribution is -2.49. The predicted octanol–water partition coefficient (Wildman–Crippen LogP) is 6.63. The Morgan fingerprint density at radius 3 is 2.14 bits per heavy atom. The summed E-state index contributed by atoms with van der Waals surface area (Å²) < 4.78 is 1.19. The lowest BCUT2D eigenvalue weighted by atomic mass is 9.84. The van der Waals surface area contributed by atoms with Crippen LogP contribution in [0.25, 0.3) is 0 Å². The summed E-state index contributed by atoms with van der Waals surface area (Å²) in [6.45, 7) is 14.6. The number of hydrogen-bond donors (Lipinski definition) is 0. The number of benzene rings is 2. The summed E-state index contributed by atoms with van der Waals surface area (Å²) in [7, 11) is 4.36. The lowest BCUT2D eigenvalue weighted by Gasteiger charge is -2.42. The molecule has 1 atom stereocenters. The van der Waals surface area contributed by atoms with E-state index in [0.717, 1.165) is 26.1 Å². The standard InChI is InChI=1S/C26H39BrN2/c1-20(2)15-21-11-10-12-22(16-21)17-29(18-23-13-8-9-14-24(23)27)25(19-28(6)7)26(3,4)5/h8-14,16,20,25H,15,17-19H2,1-7H3/t25-/m1/s1. The van der Waals surface area contributed by atoms with Crippen LogP contribution in [0.5, 0.6) is 0 Å². The number of rotatable bonds is 9. The highest BCUT2D eigenvalue weighted by Gasteiger charge is 2.31. The Morgan fingerprint density at radius 1 is 0.897 bits per heavy atom. The molecule has 0 aromatic heterocycles. The molecule has 0 saturated heterocycles. The molecular formula is C26H39BrN2. The van der Waals surface area contributed by atoms with Crippen LogP contribution in [0.15, 0.2) is 53.0 Å². The molecule has 0 saturated carbocycles. The molecule has 2 nitrogen and oxygen atoms in total. The fourth-order valence-electron chi connectivity index (χ4n) is 3.97. The molecule has 0 aliphatic heterocycles. The summed E-state index contributed by atoms with van der Waals surface area (Å²) in [6.07, 6.45) is 1.14. The van der Waals surface area contributed by atoms with Crippen LogP contribution >= 0.6 is 15.9 Å². The van der Waals surface area contributed by atoms with Crippen molar-refractivity contribution in [3.8, 4) is 0 Å². The van der Waals surface area contributed by atoms with Crippen molar-refractivity contribution in [1.29, 1.82) is 0 Å². The largest absolute Gasteiger partial charge is 0.308 e. The first-order valence-electron chi connectivity index (χ1n) is 10.8. The zero-order valence-electron chi connectivity index (χ0n) is 19.4. The summed E-state index contributed by atoms with van der Waals surface area (Å²) in [5, 5.41) is 0. The Kier molecular flexibility index (Phi) is 8.93. The fraction of sp³-hybridized carbons (Fsp3) is 0.538. The monoisotopic (exact) mass is 458 g/mol. The van der Waals surface area contributed by atoms with E-state index in [1.807, 2.05) is 0 Å². The van der Waals surface area contributed by atoms with Crippen LogP contribution in [0, 0.1) is 11.3 Å². The number of nitrogens with zero attached hydrogens (tertiary/aromatic N) is 2. The highest BCUT2D eigenvalue weighted by Crippen LogP contribution is 2.29. The van der Waals surface area contributed by atoms with Gasteiger partial charge in [0.1, 0.15) is 0 Å². The lowest BCUT2D eigenvalue weighted by molar-refractivity contribution is 0.0624. The average Bonchev–Trinajstić information content (AvgIpc) is 2.60. The zero-order valence-corrected chi connectivity index (χ0v) is 21.0. The predicted molar refractivity (Wildman–Crippen MR) is 130 cm³/mol. The van der Waals surface area contributed by atoms with E-state index in [-0.39, 0.29) is 5.41 Å². The molecule has 0 aliphatic rings. The Labute approximate surface area is 187 Å². The third kappa shape index (κ3) is 7.88. The molecule has 0 unspecified atom stereocenters. The highest BCUT2D eigenvalue weighted by molar-refractivity contribution is 9.10. The molecule has 0 aliphatic carbocycles. The van der Waals surface area contributed by atoms with E-state index in [2.05, 4.69) is 123 Å². The van der Waals surface area contributed by atoms with Gasteiger partial charge in [-0.15, -0.1) is 0 Å². The fourth-order valence-corrected chi connectivity index (χ4v) is 4.38. The molecule has 0 amide bonds. The third-order valence-corrected chi connectivity index (χ3v) is 6.10. The van der Waals surface area contributed by atoms with Crippen molar-refractivity contribution in [3.05, 3.63) is 69.7 Å². The van der Waals surface area contributed by atoms with E-state index in [1.165, 1.54) is 21.2 Å². The molecule has 0 bridgehead atoms. The first-order valence-corrected chi connectivity index (χ1v) is 11.6. The SMILES string of the molecule is CC(C)Cc1cccc(CN(Cc2ccccc2Br)[C@H](CN(C)C)C(C)(C)C)c1. The van der Waals surface area contributed by atoms with Gasteiger partial charge in [-0.1, -0.05) is 93.0 Å². The Balaban J connectivity index is 2.36. The maximum atomic E-state index is 3.76. The topological polar surface area (TPSA) is 6.48 Å². The van der Waals surface area contributed by atoms with Gasteiger partial charge in [-0.25, -0.2) is 0 Å². The van der Waals surface area contributed by atoms with Gasteiger partial charge in [0.2, 0.25) is 0 Å². The second-order valence-corrected chi connectivity index (χ2v) is 10.9. The van der Waals surface area contributed by atoms with Crippen molar-refractivity contribution in [1.82, 2.24) is 9.80 Å². The molecule has 0 N–H and O–H groups in total. The van der Waals surface area contributed by atoms with Gasteiger partial charge >= 0.3 is 0 Å². The summed E-state index contributed by atoms with van der Waals surface area (Å²) in [5.41, 5.74) is 4.38. The summed E-state index contributed by atoms with van der Waals surface area (Å²) in [5.74, 6) is 0.678. The van der Waals surface area contributed by atoms with Gasteiger partial charge < -0.3 is 4.90 Å². The second kappa shape index (κ2) is 10.7. The molecule has 3 heteroatoms.